The number of halogens is 2. The normalized spacial score (nSPS) is 10.9. The summed E-state index contributed by atoms with van der Waals surface area (Å²) in [6.45, 7) is 1.78. The average molecular weight is 337 g/mol. The van der Waals surface area contributed by atoms with Crippen molar-refractivity contribution in [1.29, 1.82) is 0 Å². The van der Waals surface area contributed by atoms with Crippen molar-refractivity contribution in [1.82, 2.24) is 4.73 Å². The summed E-state index contributed by atoms with van der Waals surface area (Å²) in [5, 5.41) is 13.3. The van der Waals surface area contributed by atoms with Gasteiger partial charge in [0.05, 0.1) is 22.2 Å². The molecule has 0 fully saturated rings. The van der Waals surface area contributed by atoms with Crippen LogP contribution in [0.25, 0.3) is 11.0 Å². The third kappa shape index (κ3) is 2.49. The third-order valence-electron chi connectivity index (χ3n) is 3.18. The molecule has 22 heavy (non-hydrogen) atoms. The van der Waals surface area contributed by atoms with Crippen LogP contribution in [-0.4, -0.2) is 10.7 Å². The second-order valence-electron chi connectivity index (χ2n) is 4.72. The van der Waals surface area contributed by atoms with Crippen molar-refractivity contribution in [2.24, 2.45) is 0 Å². The molecule has 2 aromatic heterocycles. The molecular formula is C15H10Cl2N2O3. The second kappa shape index (κ2) is 5.51. The molecule has 2 heterocycles. The van der Waals surface area contributed by atoms with E-state index < -0.39 is 5.97 Å². The van der Waals surface area contributed by atoms with E-state index in [0.717, 1.165) is 10.3 Å². The number of aromatic nitrogens is 2. The Morgan fingerprint density at radius 2 is 2.09 bits per heavy atom. The molecule has 3 rings (SSSR count). The Morgan fingerprint density at radius 3 is 2.82 bits per heavy atom. The van der Waals surface area contributed by atoms with Gasteiger partial charge in [0.15, 0.2) is 0 Å². The molecule has 0 aliphatic rings. The number of hydrogen-bond acceptors (Lipinski definition) is 3. The molecule has 7 heteroatoms. The molecule has 0 bridgehead atoms. The molecule has 0 aliphatic carbocycles. The number of hydrogen-bond donors (Lipinski definition) is 0. The third-order valence-corrected chi connectivity index (χ3v) is 3.73. The van der Waals surface area contributed by atoms with E-state index in [2.05, 4.69) is 0 Å². The van der Waals surface area contributed by atoms with Gasteiger partial charge in [-0.3, -0.25) is 4.84 Å². The zero-order valence-electron chi connectivity index (χ0n) is 11.4. The predicted molar refractivity (Wildman–Crippen MR) is 83.0 cm³/mol. The van der Waals surface area contributed by atoms with Crippen molar-refractivity contribution in [2.45, 2.75) is 6.92 Å². The van der Waals surface area contributed by atoms with Crippen molar-refractivity contribution >= 4 is 40.2 Å². The Morgan fingerprint density at radius 1 is 1.32 bits per heavy atom. The zero-order valence-corrected chi connectivity index (χ0v) is 12.9. The molecule has 0 amide bonds. The minimum absolute atomic E-state index is 0.153. The number of aryl methyl sites for hydroxylation is 1. The van der Waals surface area contributed by atoms with E-state index in [1.54, 1.807) is 25.1 Å². The molecule has 0 spiro atoms. The first kappa shape index (κ1) is 14.7. The summed E-state index contributed by atoms with van der Waals surface area (Å²) in [5.74, 6) is -0.626. The van der Waals surface area contributed by atoms with Crippen LogP contribution in [-0.2, 0) is 0 Å². The van der Waals surface area contributed by atoms with Crippen LogP contribution < -0.4 is 9.57 Å². The van der Waals surface area contributed by atoms with Gasteiger partial charge in [-0.05, 0) is 35.9 Å². The van der Waals surface area contributed by atoms with Crippen LogP contribution in [0.4, 0.5) is 0 Å². The van der Waals surface area contributed by atoms with Crippen molar-refractivity contribution in [3.05, 3.63) is 69.1 Å². The van der Waals surface area contributed by atoms with Crippen LogP contribution in [0.2, 0.25) is 10.0 Å². The fourth-order valence-corrected chi connectivity index (χ4v) is 2.68. The highest BCUT2D eigenvalue weighted by molar-refractivity contribution is 6.35. The standard InChI is InChI=1S/C15H10Cl2N2O3/c1-9-8-19(14-13(9)12(17)5-6-18(14)21)22-15(20)10-3-2-4-11(16)7-10/h2-8H,1H3. The number of rotatable bonds is 2. The van der Waals surface area contributed by atoms with Crippen LogP contribution in [0.5, 0.6) is 0 Å². The largest absolute Gasteiger partial charge is 0.710 e. The van der Waals surface area contributed by atoms with E-state index >= 15 is 0 Å². The van der Waals surface area contributed by atoms with Gasteiger partial charge in [0.1, 0.15) is 6.20 Å². The molecule has 0 aliphatic heterocycles. The summed E-state index contributed by atoms with van der Waals surface area (Å²) in [6.07, 6.45) is 2.79. The van der Waals surface area contributed by atoms with Crippen molar-refractivity contribution in [2.75, 3.05) is 0 Å². The fraction of sp³-hybridized carbons (Fsp3) is 0.0667. The van der Waals surface area contributed by atoms with Gasteiger partial charge in [-0.15, -0.1) is 0 Å². The molecule has 1 aromatic carbocycles. The molecule has 0 radical (unpaired) electrons. The lowest BCUT2D eigenvalue weighted by atomic mass is 10.2. The fourth-order valence-electron chi connectivity index (χ4n) is 2.20. The first-order chi connectivity index (χ1) is 10.5. The lowest BCUT2D eigenvalue weighted by molar-refractivity contribution is -0.581. The Kier molecular flexibility index (Phi) is 3.68. The molecule has 112 valence electrons. The summed E-state index contributed by atoms with van der Waals surface area (Å²) in [5.41, 5.74) is 1.16. The van der Waals surface area contributed by atoms with E-state index in [9.17, 15) is 10.0 Å². The maximum absolute atomic E-state index is 12.2. The summed E-state index contributed by atoms with van der Waals surface area (Å²) < 4.78 is 1.71. The van der Waals surface area contributed by atoms with Gasteiger partial charge in [-0.1, -0.05) is 29.3 Å². The van der Waals surface area contributed by atoms with Gasteiger partial charge in [0, 0.05) is 10.6 Å². The number of carbonyl (C=O) groups is 1. The molecule has 0 unspecified atom stereocenters. The molecule has 0 saturated carbocycles. The Bertz CT molecular complexity index is 890. The van der Waals surface area contributed by atoms with E-state index in [4.69, 9.17) is 28.0 Å². The quantitative estimate of drug-likeness (QED) is 0.533. The van der Waals surface area contributed by atoms with Crippen LogP contribution >= 0.6 is 23.2 Å². The van der Waals surface area contributed by atoms with Crippen LogP contribution in [0.3, 0.4) is 0 Å². The summed E-state index contributed by atoms with van der Waals surface area (Å²) in [4.78, 5) is 17.4. The van der Waals surface area contributed by atoms with Crippen molar-refractivity contribution in [3.8, 4) is 0 Å². The monoisotopic (exact) mass is 336 g/mol. The van der Waals surface area contributed by atoms with Gasteiger partial charge in [0.2, 0.25) is 0 Å². The molecule has 0 atom stereocenters. The highest BCUT2D eigenvalue weighted by Crippen LogP contribution is 2.25. The van der Waals surface area contributed by atoms with Crippen molar-refractivity contribution in [3.63, 3.8) is 0 Å². The van der Waals surface area contributed by atoms with E-state index in [1.807, 2.05) is 0 Å². The minimum atomic E-state index is -0.626. The van der Waals surface area contributed by atoms with Crippen LogP contribution in [0.1, 0.15) is 15.9 Å². The van der Waals surface area contributed by atoms with Gasteiger partial charge < -0.3 is 5.21 Å². The lowest BCUT2D eigenvalue weighted by Crippen LogP contribution is -2.31. The highest BCUT2D eigenvalue weighted by atomic mass is 35.5. The summed E-state index contributed by atoms with van der Waals surface area (Å²) in [6, 6.07) is 7.85. The van der Waals surface area contributed by atoms with E-state index in [1.165, 1.54) is 24.5 Å². The second-order valence-corrected chi connectivity index (χ2v) is 5.56. The average Bonchev–Trinajstić information content (AvgIpc) is 2.81. The van der Waals surface area contributed by atoms with Crippen LogP contribution in [0, 0.1) is 12.1 Å². The molecule has 5 nitrogen and oxygen atoms in total. The van der Waals surface area contributed by atoms with E-state index in [-0.39, 0.29) is 11.2 Å². The highest BCUT2D eigenvalue weighted by Gasteiger charge is 2.22. The Hall–Kier alpha value is -2.24. The number of pyridine rings is 1. The summed E-state index contributed by atoms with van der Waals surface area (Å²) >= 11 is 11.9. The molecule has 3 aromatic rings. The maximum atomic E-state index is 12.2. The number of fused-ring (bicyclic) bond motifs is 1. The maximum Gasteiger partial charge on any atom is 0.388 e. The molecule has 0 N–H and O–H groups in total. The smallest absolute Gasteiger partial charge is 0.388 e. The van der Waals surface area contributed by atoms with Gasteiger partial charge >= 0.3 is 11.6 Å². The number of carbonyl (C=O) groups excluding carboxylic acids is 1. The first-order valence-electron chi connectivity index (χ1n) is 6.35. The predicted octanol–water partition coefficient (Wildman–Crippen LogP) is 3.16. The minimum Gasteiger partial charge on any atom is -0.710 e. The van der Waals surface area contributed by atoms with Gasteiger partial charge in [-0.25, -0.2) is 9.52 Å². The van der Waals surface area contributed by atoms with Crippen molar-refractivity contribution < 1.29 is 14.4 Å². The molecule has 0 saturated heterocycles. The zero-order chi connectivity index (χ0) is 15.9. The van der Waals surface area contributed by atoms with Gasteiger partial charge in [-0.2, -0.15) is 0 Å². The van der Waals surface area contributed by atoms with Gasteiger partial charge in [0.25, 0.3) is 0 Å². The SMILES string of the molecule is Cc1cn(OC(=O)c2cccc(Cl)c2)c2c1c(Cl)cc[n+]2[O-]. The number of nitrogens with zero attached hydrogens (tertiary/aromatic N) is 2. The van der Waals surface area contributed by atoms with E-state index in [0.29, 0.717) is 20.2 Å². The lowest BCUT2D eigenvalue weighted by Gasteiger charge is -2.06. The topological polar surface area (TPSA) is 58.2 Å². The Balaban J connectivity index is 2.05. The summed E-state index contributed by atoms with van der Waals surface area (Å²) in [7, 11) is 0. The molecular weight excluding hydrogens is 327 g/mol. The van der Waals surface area contributed by atoms with Crippen LogP contribution in [0.15, 0.2) is 42.7 Å². The Labute approximate surface area is 135 Å². The number of benzene rings is 1. The first-order valence-corrected chi connectivity index (χ1v) is 7.10.